The average Bonchev–Trinajstić information content (AvgIpc) is 2.74. The van der Waals surface area contributed by atoms with Gasteiger partial charge in [0.15, 0.2) is 11.5 Å². The first-order chi connectivity index (χ1) is 14.7. The molecule has 1 aliphatic rings. The standard InChI is InChI=1S/C22H28N2O6S/c1-5-18(16-6-8-19(28-3)15(2)12-16)23-22(25)14-24(31(4,26)27)17-7-9-20-21(13-17)30-11-10-29-20/h6-9,12-13,18H,5,10-11,14H2,1-4H3,(H,23,25)/t18-/m1/s1. The van der Waals surface area contributed by atoms with Gasteiger partial charge in [0.1, 0.15) is 25.5 Å². The lowest BCUT2D eigenvalue weighted by atomic mass is 10.0. The summed E-state index contributed by atoms with van der Waals surface area (Å²) < 4.78 is 42.3. The van der Waals surface area contributed by atoms with E-state index in [0.29, 0.717) is 36.8 Å². The molecule has 0 unspecified atom stereocenters. The summed E-state index contributed by atoms with van der Waals surface area (Å²) in [7, 11) is -2.09. The second-order valence-electron chi connectivity index (χ2n) is 7.36. The van der Waals surface area contributed by atoms with Gasteiger partial charge >= 0.3 is 0 Å². The lowest BCUT2D eigenvalue weighted by Gasteiger charge is -2.26. The molecule has 1 heterocycles. The van der Waals surface area contributed by atoms with Crippen LogP contribution in [0.15, 0.2) is 36.4 Å². The molecule has 1 aliphatic heterocycles. The van der Waals surface area contributed by atoms with Gasteiger partial charge in [0.2, 0.25) is 15.9 Å². The van der Waals surface area contributed by atoms with E-state index in [-0.39, 0.29) is 12.6 Å². The number of hydrogen-bond acceptors (Lipinski definition) is 6. The molecule has 0 fully saturated rings. The molecule has 1 atom stereocenters. The topological polar surface area (TPSA) is 94.2 Å². The van der Waals surface area contributed by atoms with Gasteiger partial charge in [-0.3, -0.25) is 9.10 Å². The third-order valence-electron chi connectivity index (χ3n) is 5.07. The Labute approximate surface area is 183 Å². The minimum Gasteiger partial charge on any atom is -0.496 e. The Balaban J connectivity index is 1.78. The van der Waals surface area contributed by atoms with Crippen LogP contribution in [0.5, 0.6) is 17.2 Å². The number of anilines is 1. The number of nitrogens with one attached hydrogen (secondary N) is 1. The molecule has 2 aromatic carbocycles. The van der Waals surface area contributed by atoms with Crippen LogP contribution in [-0.4, -0.2) is 47.4 Å². The Bertz CT molecular complexity index is 1050. The van der Waals surface area contributed by atoms with Crippen molar-refractivity contribution in [2.24, 2.45) is 0 Å². The molecule has 0 aromatic heterocycles. The molecule has 0 bridgehead atoms. The van der Waals surface area contributed by atoms with Crippen LogP contribution < -0.4 is 23.8 Å². The van der Waals surface area contributed by atoms with Crippen molar-refractivity contribution in [2.75, 3.05) is 37.4 Å². The maximum absolute atomic E-state index is 12.8. The summed E-state index contributed by atoms with van der Waals surface area (Å²) in [4.78, 5) is 12.8. The third kappa shape index (κ3) is 5.41. The van der Waals surface area contributed by atoms with Crippen LogP contribution in [-0.2, 0) is 14.8 Å². The Kier molecular flexibility index (Phi) is 6.94. The van der Waals surface area contributed by atoms with Crippen molar-refractivity contribution in [3.05, 3.63) is 47.5 Å². The smallest absolute Gasteiger partial charge is 0.241 e. The van der Waals surface area contributed by atoms with Gasteiger partial charge in [-0.2, -0.15) is 0 Å². The molecular formula is C22H28N2O6S. The molecule has 1 amide bonds. The number of methoxy groups -OCH3 is 1. The fraction of sp³-hybridized carbons (Fsp3) is 0.409. The Hall–Kier alpha value is -2.94. The highest BCUT2D eigenvalue weighted by Gasteiger charge is 2.24. The van der Waals surface area contributed by atoms with E-state index in [1.165, 1.54) is 0 Å². The van der Waals surface area contributed by atoms with E-state index in [2.05, 4.69) is 5.32 Å². The molecule has 1 N–H and O–H groups in total. The monoisotopic (exact) mass is 448 g/mol. The van der Waals surface area contributed by atoms with Crippen molar-refractivity contribution in [2.45, 2.75) is 26.3 Å². The van der Waals surface area contributed by atoms with Gasteiger partial charge in [-0.25, -0.2) is 8.42 Å². The zero-order valence-electron chi connectivity index (χ0n) is 18.2. The molecule has 0 saturated heterocycles. The quantitative estimate of drug-likeness (QED) is 0.667. The zero-order valence-corrected chi connectivity index (χ0v) is 19.0. The summed E-state index contributed by atoms with van der Waals surface area (Å²) >= 11 is 0. The lowest BCUT2D eigenvalue weighted by Crippen LogP contribution is -2.41. The number of nitrogens with zero attached hydrogens (tertiary/aromatic N) is 1. The van der Waals surface area contributed by atoms with Crippen molar-refractivity contribution in [3.8, 4) is 17.2 Å². The van der Waals surface area contributed by atoms with Crippen LogP contribution in [0.2, 0.25) is 0 Å². The normalized spacial score (nSPS) is 13.9. The van der Waals surface area contributed by atoms with Crippen molar-refractivity contribution in [1.29, 1.82) is 0 Å². The number of aryl methyl sites for hydroxylation is 1. The first kappa shape index (κ1) is 22.7. The van der Waals surface area contributed by atoms with Gasteiger partial charge in [0.05, 0.1) is 25.1 Å². The van der Waals surface area contributed by atoms with Gasteiger partial charge in [-0.1, -0.05) is 19.1 Å². The summed E-state index contributed by atoms with van der Waals surface area (Å²) in [6, 6.07) is 10.3. The number of carbonyl (C=O) groups is 1. The van der Waals surface area contributed by atoms with Crippen LogP contribution in [0.3, 0.4) is 0 Å². The number of benzene rings is 2. The van der Waals surface area contributed by atoms with E-state index in [1.807, 2.05) is 32.0 Å². The second kappa shape index (κ2) is 9.47. The lowest BCUT2D eigenvalue weighted by molar-refractivity contribution is -0.120. The first-order valence-electron chi connectivity index (χ1n) is 10.0. The summed E-state index contributed by atoms with van der Waals surface area (Å²) in [6.07, 6.45) is 1.72. The Morgan fingerprint density at radius 2 is 1.87 bits per heavy atom. The fourth-order valence-electron chi connectivity index (χ4n) is 3.50. The van der Waals surface area contributed by atoms with Gasteiger partial charge in [-0.05, 0) is 42.7 Å². The number of fused-ring (bicyclic) bond motifs is 1. The van der Waals surface area contributed by atoms with E-state index in [1.54, 1.807) is 25.3 Å². The van der Waals surface area contributed by atoms with Crippen molar-refractivity contribution in [1.82, 2.24) is 5.32 Å². The SMILES string of the molecule is CC[C@@H](NC(=O)CN(c1ccc2c(c1)OCCO2)S(C)(=O)=O)c1ccc(OC)c(C)c1. The van der Waals surface area contributed by atoms with E-state index in [0.717, 1.165) is 27.4 Å². The van der Waals surface area contributed by atoms with Crippen molar-refractivity contribution in [3.63, 3.8) is 0 Å². The van der Waals surface area contributed by atoms with E-state index < -0.39 is 15.9 Å². The van der Waals surface area contributed by atoms with Crippen LogP contribution in [0, 0.1) is 6.92 Å². The zero-order chi connectivity index (χ0) is 22.6. The molecule has 168 valence electrons. The Morgan fingerprint density at radius 1 is 1.16 bits per heavy atom. The largest absolute Gasteiger partial charge is 0.496 e. The van der Waals surface area contributed by atoms with Crippen LogP contribution in [0.25, 0.3) is 0 Å². The highest BCUT2D eigenvalue weighted by molar-refractivity contribution is 7.92. The fourth-order valence-corrected chi connectivity index (χ4v) is 4.35. The number of carbonyl (C=O) groups excluding carboxylic acids is 1. The molecule has 2 aromatic rings. The average molecular weight is 449 g/mol. The predicted molar refractivity (Wildman–Crippen MR) is 119 cm³/mol. The first-order valence-corrected chi connectivity index (χ1v) is 11.9. The van der Waals surface area contributed by atoms with Crippen LogP contribution >= 0.6 is 0 Å². The third-order valence-corrected chi connectivity index (χ3v) is 6.21. The van der Waals surface area contributed by atoms with E-state index in [4.69, 9.17) is 14.2 Å². The predicted octanol–water partition coefficient (Wildman–Crippen LogP) is 2.81. The molecule has 3 rings (SSSR count). The number of ether oxygens (including phenoxy) is 3. The summed E-state index contributed by atoms with van der Waals surface area (Å²) in [5, 5.41) is 2.94. The molecule has 8 nitrogen and oxygen atoms in total. The number of rotatable bonds is 8. The van der Waals surface area contributed by atoms with Crippen molar-refractivity contribution < 1.29 is 27.4 Å². The minimum absolute atomic E-state index is 0.251. The molecule has 0 aliphatic carbocycles. The highest BCUT2D eigenvalue weighted by Crippen LogP contribution is 2.34. The van der Waals surface area contributed by atoms with Gasteiger partial charge in [0, 0.05) is 6.07 Å². The summed E-state index contributed by atoms with van der Waals surface area (Å²) in [6.45, 7) is 4.37. The molecule has 0 saturated carbocycles. The molecular weight excluding hydrogens is 420 g/mol. The minimum atomic E-state index is -3.70. The molecule has 0 radical (unpaired) electrons. The van der Waals surface area contributed by atoms with Crippen molar-refractivity contribution >= 4 is 21.6 Å². The highest BCUT2D eigenvalue weighted by atomic mass is 32.2. The number of amides is 1. The Morgan fingerprint density at radius 3 is 2.48 bits per heavy atom. The molecule has 31 heavy (non-hydrogen) atoms. The molecule has 0 spiro atoms. The van der Waals surface area contributed by atoms with Crippen LogP contribution in [0.1, 0.15) is 30.5 Å². The summed E-state index contributed by atoms with van der Waals surface area (Å²) in [5.41, 5.74) is 2.23. The maximum atomic E-state index is 12.8. The van der Waals surface area contributed by atoms with Gasteiger partial charge in [-0.15, -0.1) is 0 Å². The second-order valence-corrected chi connectivity index (χ2v) is 9.26. The number of hydrogen-bond donors (Lipinski definition) is 1. The van der Waals surface area contributed by atoms with Crippen LogP contribution in [0.4, 0.5) is 5.69 Å². The van der Waals surface area contributed by atoms with E-state index in [9.17, 15) is 13.2 Å². The van der Waals surface area contributed by atoms with Gasteiger partial charge in [0.25, 0.3) is 0 Å². The van der Waals surface area contributed by atoms with E-state index >= 15 is 0 Å². The van der Waals surface area contributed by atoms with Gasteiger partial charge < -0.3 is 19.5 Å². The maximum Gasteiger partial charge on any atom is 0.241 e. The summed E-state index contributed by atoms with van der Waals surface area (Å²) in [5.74, 6) is 1.37. The number of sulfonamides is 1. The molecule has 9 heteroatoms.